The van der Waals surface area contributed by atoms with Gasteiger partial charge < -0.3 is 19.6 Å². The molecule has 0 aliphatic carbocycles. The Bertz CT molecular complexity index is 1130. The van der Waals surface area contributed by atoms with Gasteiger partial charge in [-0.05, 0) is 12.1 Å². The molecule has 0 saturated carbocycles. The van der Waals surface area contributed by atoms with Crippen molar-refractivity contribution in [1.29, 1.82) is 0 Å². The number of hydrogen-bond acceptors (Lipinski definition) is 7. The predicted octanol–water partition coefficient (Wildman–Crippen LogP) is 1.83. The normalized spacial score (nSPS) is 17.2. The van der Waals surface area contributed by atoms with E-state index in [-0.39, 0.29) is 16.5 Å². The summed E-state index contributed by atoms with van der Waals surface area (Å²) < 4.78 is 73.4. The summed E-state index contributed by atoms with van der Waals surface area (Å²) in [5, 5.41) is 1.79. The Morgan fingerprint density at radius 2 is 1.41 bits per heavy atom. The van der Waals surface area contributed by atoms with Crippen molar-refractivity contribution in [2.75, 3.05) is 5.09 Å². The van der Waals surface area contributed by atoms with Crippen LogP contribution < -0.4 is 5.09 Å². The fourth-order valence-electron chi connectivity index (χ4n) is 2.07. The van der Waals surface area contributed by atoms with Crippen molar-refractivity contribution in [2.24, 2.45) is 0 Å². The third-order valence-electron chi connectivity index (χ3n) is 2.85. The molecule has 0 amide bonds. The Hall–Kier alpha value is -1.14. The highest BCUT2D eigenvalue weighted by Gasteiger charge is 2.40. The summed E-state index contributed by atoms with van der Waals surface area (Å²) in [7, 11) is -21.0. The van der Waals surface area contributed by atoms with Gasteiger partial charge in [-0.15, -0.1) is 0 Å². The van der Waals surface area contributed by atoms with E-state index in [1.165, 1.54) is 30.3 Å². The largest absolute Gasteiger partial charge is 0.489 e. The molecule has 2 aromatic carbocycles. The maximum Gasteiger partial charge on any atom is 0.489 e. The highest BCUT2D eigenvalue weighted by Crippen LogP contribution is 2.65. The second-order valence-corrected chi connectivity index (χ2v) is 10.8. The minimum absolute atomic E-state index is 0.00850. The lowest BCUT2D eigenvalue weighted by Crippen LogP contribution is -2.03. The van der Waals surface area contributed by atoms with Crippen LogP contribution in [0.2, 0.25) is 0 Å². The van der Waals surface area contributed by atoms with Gasteiger partial charge >= 0.3 is 23.4 Å². The molecule has 2 rings (SSSR count). The molecule has 0 bridgehead atoms. The van der Waals surface area contributed by atoms with Crippen molar-refractivity contribution in [1.82, 2.24) is 0 Å². The van der Waals surface area contributed by atoms with E-state index in [4.69, 9.17) is 14.7 Å². The molecule has 0 aromatic heterocycles. The quantitative estimate of drug-likeness (QED) is 0.255. The van der Waals surface area contributed by atoms with Gasteiger partial charge in [-0.25, -0.2) is 13.7 Å². The van der Waals surface area contributed by atoms with Crippen molar-refractivity contribution >= 4 is 50.0 Å². The van der Waals surface area contributed by atoms with Crippen LogP contribution in [0.4, 0.5) is 5.69 Å². The van der Waals surface area contributed by atoms with Crippen molar-refractivity contribution in [3.63, 3.8) is 0 Å². The van der Waals surface area contributed by atoms with Gasteiger partial charge in [-0.2, -0.15) is 17.0 Å². The predicted molar refractivity (Wildman–Crippen MR) is 91.2 cm³/mol. The highest BCUT2D eigenvalue weighted by atomic mass is 32.2. The number of anilines is 1. The average Bonchev–Trinajstić information content (AvgIpc) is 2.41. The molecule has 2 aromatic rings. The Labute approximate surface area is 151 Å². The standard InChI is InChI=1S/C10H12NO12P3S/c12-24(13,22-26(17,18)23-25(14,15)16)11-9-5-1-4-8-7(9)3-2-6-10(8)27(19,20)21/h1-6H,(H,17,18)(H2,11,12,13)(H2,14,15,16)(H,19,20,21). The van der Waals surface area contributed by atoms with Crippen LogP contribution in [-0.2, 0) is 32.4 Å². The molecule has 27 heavy (non-hydrogen) atoms. The highest BCUT2D eigenvalue weighted by molar-refractivity contribution is 7.86. The molecule has 0 saturated heterocycles. The molecule has 150 valence electrons. The first kappa shape index (κ1) is 22.2. The number of hydrogen-bond donors (Lipinski definition) is 6. The minimum atomic E-state index is -5.64. The van der Waals surface area contributed by atoms with Crippen LogP contribution in [-0.4, -0.2) is 32.5 Å². The van der Waals surface area contributed by atoms with Crippen LogP contribution in [0, 0.1) is 0 Å². The molecule has 0 heterocycles. The fraction of sp³-hybridized carbons (Fsp3) is 0. The van der Waals surface area contributed by atoms with Crippen molar-refractivity contribution in [3.8, 4) is 0 Å². The van der Waals surface area contributed by atoms with Crippen molar-refractivity contribution in [2.45, 2.75) is 4.90 Å². The summed E-state index contributed by atoms with van der Waals surface area (Å²) in [6.07, 6.45) is 0. The lowest BCUT2D eigenvalue weighted by Gasteiger charge is -2.18. The van der Waals surface area contributed by atoms with E-state index in [2.05, 4.69) is 8.62 Å². The lowest BCUT2D eigenvalue weighted by molar-refractivity contribution is 0.223. The molecule has 0 fully saturated rings. The summed E-state index contributed by atoms with van der Waals surface area (Å²) in [5.74, 6) is 0. The van der Waals surface area contributed by atoms with E-state index >= 15 is 0 Å². The first-order chi connectivity index (χ1) is 12.1. The Morgan fingerprint density at radius 3 is 1.96 bits per heavy atom. The lowest BCUT2D eigenvalue weighted by atomic mass is 10.1. The average molecular weight is 463 g/mol. The second kappa shape index (κ2) is 7.36. The van der Waals surface area contributed by atoms with E-state index in [1.54, 1.807) is 0 Å². The summed E-state index contributed by atoms with van der Waals surface area (Å²) >= 11 is 0. The minimum Gasteiger partial charge on any atom is -0.308 e. The molecule has 0 spiro atoms. The summed E-state index contributed by atoms with van der Waals surface area (Å²) in [6, 6.07) is 7.29. The van der Waals surface area contributed by atoms with Gasteiger partial charge in [0.05, 0.1) is 5.69 Å². The van der Waals surface area contributed by atoms with Crippen LogP contribution >= 0.6 is 23.4 Å². The molecule has 2 unspecified atom stereocenters. The number of nitrogens with one attached hydrogen (secondary N) is 1. The topological polar surface area (TPSA) is 217 Å². The van der Waals surface area contributed by atoms with E-state index in [0.29, 0.717) is 0 Å². The van der Waals surface area contributed by atoms with E-state index in [9.17, 15) is 31.6 Å². The number of phosphoric acid groups is 2. The molecule has 17 heteroatoms. The molecular formula is C10H12NO12P3S. The van der Waals surface area contributed by atoms with Gasteiger partial charge in [-0.1, -0.05) is 24.3 Å². The van der Waals surface area contributed by atoms with Crippen LogP contribution in [0.25, 0.3) is 10.8 Å². The Morgan fingerprint density at radius 1 is 0.852 bits per heavy atom. The van der Waals surface area contributed by atoms with Crippen molar-refractivity contribution < 1.29 is 54.9 Å². The molecule has 0 radical (unpaired) electrons. The molecule has 0 aliphatic rings. The number of fused-ring (bicyclic) bond motifs is 1. The zero-order valence-electron chi connectivity index (χ0n) is 12.8. The molecule has 0 aliphatic heterocycles. The first-order valence-corrected chi connectivity index (χ1v) is 12.6. The number of rotatable bonds is 7. The number of benzene rings is 2. The molecule has 6 N–H and O–H groups in total. The zero-order chi connectivity index (χ0) is 20.7. The van der Waals surface area contributed by atoms with Crippen LogP contribution in [0.5, 0.6) is 0 Å². The summed E-state index contributed by atoms with van der Waals surface area (Å²) in [5.41, 5.74) is -0.250. The second-order valence-electron chi connectivity index (χ2n) is 4.89. The SMILES string of the molecule is O=P(O)(O)OP(=O)(O)OP(=O)(O)Nc1cccc2c(S(=O)(=O)O)cccc12. The zero-order valence-corrected chi connectivity index (χ0v) is 16.3. The van der Waals surface area contributed by atoms with Crippen LogP contribution in [0.1, 0.15) is 0 Å². The molecular weight excluding hydrogens is 451 g/mol. The first-order valence-electron chi connectivity index (χ1n) is 6.51. The summed E-state index contributed by atoms with van der Waals surface area (Å²) in [6.45, 7) is 0. The Kier molecular flexibility index (Phi) is 6.04. The van der Waals surface area contributed by atoms with Gasteiger partial charge in [-0.3, -0.25) is 9.64 Å². The van der Waals surface area contributed by atoms with E-state index in [1.807, 2.05) is 5.09 Å². The Balaban J connectivity index is 2.43. The third kappa shape index (κ3) is 6.18. The molecule has 2 atom stereocenters. The van der Waals surface area contributed by atoms with E-state index < -0.39 is 38.4 Å². The van der Waals surface area contributed by atoms with Crippen molar-refractivity contribution in [3.05, 3.63) is 36.4 Å². The summed E-state index contributed by atoms with van der Waals surface area (Å²) in [4.78, 5) is 35.3. The third-order valence-corrected chi connectivity index (χ3v) is 7.67. The van der Waals surface area contributed by atoms with Gasteiger partial charge in [0.1, 0.15) is 4.90 Å². The maximum absolute atomic E-state index is 12.0. The van der Waals surface area contributed by atoms with Gasteiger partial charge in [0.25, 0.3) is 10.1 Å². The van der Waals surface area contributed by atoms with Gasteiger partial charge in [0.2, 0.25) is 0 Å². The maximum atomic E-state index is 12.0. The van der Waals surface area contributed by atoms with Crippen LogP contribution in [0.15, 0.2) is 41.3 Å². The fourth-order valence-corrected chi connectivity index (χ4v) is 6.02. The smallest absolute Gasteiger partial charge is 0.308 e. The molecule has 13 nitrogen and oxygen atoms in total. The van der Waals surface area contributed by atoms with E-state index in [0.717, 1.165) is 6.07 Å². The monoisotopic (exact) mass is 463 g/mol. The van der Waals surface area contributed by atoms with Crippen LogP contribution in [0.3, 0.4) is 0 Å². The van der Waals surface area contributed by atoms with Gasteiger partial charge in [0, 0.05) is 10.8 Å². The van der Waals surface area contributed by atoms with Gasteiger partial charge in [0.15, 0.2) is 0 Å².